The van der Waals surface area contributed by atoms with E-state index in [0.717, 1.165) is 12.3 Å². The summed E-state index contributed by atoms with van der Waals surface area (Å²) >= 11 is 0. The summed E-state index contributed by atoms with van der Waals surface area (Å²) < 4.78 is 0. The molecule has 3 unspecified atom stereocenters. The van der Waals surface area contributed by atoms with E-state index in [4.69, 9.17) is 0 Å². The van der Waals surface area contributed by atoms with E-state index in [2.05, 4.69) is 117 Å². The third kappa shape index (κ3) is 2.95. The third-order valence-electron chi connectivity index (χ3n) is 9.97. The maximum absolute atomic E-state index is 2.68. The van der Waals surface area contributed by atoms with Gasteiger partial charge in [-0.15, -0.1) is 0 Å². The van der Waals surface area contributed by atoms with Gasteiger partial charge < -0.3 is 4.90 Å². The Morgan fingerprint density at radius 1 is 0.778 bits per heavy atom. The summed E-state index contributed by atoms with van der Waals surface area (Å²) in [5.74, 6) is 0.800. The Hall–Kier alpha value is -3.32. The fourth-order valence-electron chi connectivity index (χ4n) is 7.71. The standard InChI is InChI=1S/C35H35N/c1-4-24-18-19-35(3)34(2,23-24)32-22-26(15-17-33(32)36(35)29-11-6-5-7-12-29)25-14-16-31-28(20-25)21-27-10-8-9-13-30(27)31/h5-17,20,22,24H,4,18-19,21,23H2,1-3H3. The number of hydrogen-bond donors (Lipinski definition) is 0. The predicted molar refractivity (Wildman–Crippen MR) is 152 cm³/mol. The van der Waals surface area contributed by atoms with Gasteiger partial charge in [0.15, 0.2) is 0 Å². The molecule has 0 aromatic heterocycles. The summed E-state index contributed by atoms with van der Waals surface area (Å²) in [6.07, 6.45) is 6.13. The van der Waals surface area contributed by atoms with Crippen LogP contribution in [0.2, 0.25) is 0 Å². The first-order valence-electron chi connectivity index (χ1n) is 13.7. The Bertz CT molecular complexity index is 1470. The molecule has 3 atom stereocenters. The molecule has 0 amide bonds. The molecule has 1 saturated carbocycles. The Labute approximate surface area is 215 Å². The SMILES string of the molecule is CCC1CCC2(C)N(c3ccccc3)c3ccc(-c4ccc5c(c4)Cc4ccccc4-5)cc3C2(C)C1. The summed E-state index contributed by atoms with van der Waals surface area (Å²) in [6, 6.07) is 34.4. The summed E-state index contributed by atoms with van der Waals surface area (Å²) in [5.41, 5.74) is 12.9. The second-order valence-electron chi connectivity index (χ2n) is 11.7. The summed E-state index contributed by atoms with van der Waals surface area (Å²) in [7, 11) is 0. The number of rotatable bonds is 3. The minimum atomic E-state index is 0.0839. The van der Waals surface area contributed by atoms with E-state index >= 15 is 0 Å². The van der Waals surface area contributed by atoms with Crippen LogP contribution < -0.4 is 4.90 Å². The fourth-order valence-corrected chi connectivity index (χ4v) is 7.71. The normalized spacial score (nSPS) is 25.8. The van der Waals surface area contributed by atoms with Crippen LogP contribution in [0.5, 0.6) is 0 Å². The molecule has 2 aliphatic carbocycles. The fraction of sp³-hybridized carbons (Fsp3) is 0.314. The van der Waals surface area contributed by atoms with Crippen molar-refractivity contribution >= 4 is 11.4 Å². The van der Waals surface area contributed by atoms with Gasteiger partial charge in [0.1, 0.15) is 0 Å². The second-order valence-corrected chi connectivity index (χ2v) is 11.7. The van der Waals surface area contributed by atoms with E-state index in [1.807, 2.05) is 0 Å². The molecule has 3 aliphatic rings. The van der Waals surface area contributed by atoms with Crippen molar-refractivity contribution in [2.24, 2.45) is 5.92 Å². The lowest BCUT2D eigenvalue weighted by molar-refractivity contribution is 0.143. The zero-order valence-electron chi connectivity index (χ0n) is 21.7. The number of benzene rings is 4. The van der Waals surface area contributed by atoms with Crippen molar-refractivity contribution in [1.29, 1.82) is 0 Å². The average molecular weight is 470 g/mol. The van der Waals surface area contributed by atoms with Gasteiger partial charge in [-0.25, -0.2) is 0 Å². The van der Waals surface area contributed by atoms with Crippen LogP contribution in [0, 0.1) is 5.92 Å². The van der Waals surface area contributed by atoms with Gasteiger partial charge >= 0.3 is 0 Å². The molecule has 1 aliphatic heterocycles. The smallest absolute Gasteiger partial charge is 0.0518 e. The average Bonchev–Trinajstić information content (AvgIpc) is 3.38. The van der Waals surface area contributed by atoms with Crippen molar-refractivity contribution in [2.45, 2.75) is 63.8 Å². The summed E-state index contributed by atoms with van der Waals surface area (Å²) in [4.78, 5) is 2.68. The van der Waals surface area contributed by atoms with Crippen molar-refractivity contribution in [1.82, 2.24) is 0 Å². The molecule has 0 radical (unpaired) electrons. The molecule has 1 nitrogen and oxygen atoms in total. The van der Waals surface area contributed by atoms with E-state index < -0.39 is 0 Å². The van der Waals surface area contributed by atoms with E-state index in [9.17, 15) is 0 Å². The van der Waals surface area contributed by atoms with Crippen LogP contribution in [0.4, 0.5) is 11.4 Å². The molecule has 0 saturated heterocycles. The third-order valence-corrected chi connectivity index (χ3v) is 9.97. The maximum Gasteiger partial charge on any atom is 0.0518 e. The van der Waals surface area contributed by atoms with Gasteiger partial charge in [0.25, 0.3) is 0 Å². The molecule has 4 aromatic carbocycles. The van der Waals surface area contributed by atoms with Gasteiger partial charge in [0.05, 0.1) is 5.54 Å². The van der Waals surface area contributed by atoms with Gasteiger partial charge in [-0.2, -0.15) is 0 Å². The van der Waals surface area contributed by atoms with Crippen LogP contribution in [0.1, 0.15) is 63.1 Å². The van der Waals surface area contributed by atoms with Crippen LogP contribution >= 0.6 is 0 Å². The first-order valence-corrected chi connectivity index (χ1v) is 13.7. The van der Waals surface area contributed by atoms with E-state index in [1.165, 1.54) is 76.0 Å². The molecule has 180 valence electrons. The van der Waals surface area contributed by atoms with Crippen molar-refractivity contribution in [3.63, 3.8) is 0 Å². The monoisotopic (exact) mass is 469 g/mol. The van der Waals surface area contributed by atoms with Crippen molar-refractivity contribution in [3.05, 3.63) is 108 Å². The molecular weight excluding hydrogens is 434 g/mol. The zero-order chi connectivity index (χ0) is 24.5. The van der Waals surface area contributed by atoms with Crippen LogP contribution in [-0.2, 0) is 11.8 Å². The Morgan fingerprint density at radius 3 is 2.33 bits per heavy atom. The number of nitrogens with zero attached hydrogens (tertiary/aromatic N) is 1. The molecular formula is C35H35N. The molecule has 0 bridgehead atoms. The summed E-state index contributed by atoms with van der Waals surface area (Å²) in [6.45, 7) is 7.46. The highest BCUT2D eigenvalue weighted by molar-refractivity contribution is 5.83. The highest BCUT2D eigenvalue weighted by Gasteiger charge is 2.59. The molecule has 0 N–H and O–H groups in total. The topological polar surface area (TPSA) is 3.24 Å². The van der Waals surface area contributed by atoms with Gasteiger partial charge in [0.2, 0.25) is 0 Å². The van der Waals surface area contributed by atoms with Crippen LogP contribution in [-0.4, -0.2) is 5.54 Å². The van der Waals surface area contributed by atoms with Crippen LogP contribution in [0.3, 0.4) is 0 Å². The second kappa shape index (κ2) is 7.84. The van der Waals surface area contributed by atoms with Gasteiger partial charge in [-0.3, -0.25) is 0 Å². The predicted octanol–water partition coefficient (Wildman–Crippen LogP) is 9.30. The first-order chi connectivity index (χ1) is 17.5. The van der Waals surface area contributed by atoms with Gasteiger partial charge in [-0.05, 0) is 102 Å². The highest BCUT2D eigenvalue weighted by atomic mass is 15.3. The quantitative estimate of drug-likeness (QED) is 0.254. The maximum atomic E-state index is 2.68. The number of para-hydroxylation sites is 1. The molecule has 36 heavy (non-hydrogen) atoms. The number of fused-ring (bicyclic) bond motifs is 6. The Kier molecular flexibility index (Phi) is 4.77. The lowest BCUT2D eigenvalue weighted by atomic mass is 9.58. The highest BCUT2D eigenvalue weighted by Crippen LogP contribution is 2.62. The minimum absolute atomic E-state index is 0.0839. The number of anilines is 2. The van der Waals surface area contributed by atoms with E-state index in [-0.39, 0.29) is 11.0 Å². The largest absolute Gasteiger partial charge is 0.334 e. The molecule has 4 aromatic rings. The molecule has 0 spiro atoms. The minimum Gasteiger partial charge on any atom is -0.334 e. The Balaban J connectivity index is 1.36. The van der Waals surface area contributed by atoms with Crippen molar-refractivity contribution < 1.29 is 0 Å². The Morgan fingerprint density at radius 2 is 1.50 bits per heavy atom. The van der Waals surface area contributed by atoms with Crippen molar-refractivity contribution in [3.8, 4) is 22.3 Å². The zero-order valence-corrected chi connectivity index (χ0v) is 21.7. The molecule has 7 rings (SSSR count). The van der Waals surface area contributed by atoms with E-state index in [1.54, 1.807) is 0 Å². The van der Waals surface area contributed by atoms with E-state index in [0.29, 0.717) is 0 Å². The molecule has 1 heteroatoms. The lowest BCUT2D eigenvalue weighted by Crippen LogP contribution is -2.56. The van der Waals surface area contributed by atoms with Crippen LogP contribution in [0.15, 0.2) is 91.0 Å². The molecule has 1 fully saturated rings. The van der Waals surface area contributed by atoms with Gasteiger partial charge in [-0.1, -0.05) is 87.0 Å². The first kappa shape index (κ1) is 21.9. The van der Waals surface area contributed by atoms with Crippen LogP contribution in [0.25, 0.3) is 22.3 Å². The lowest BCUT2D eigenvalue weighted by Gasteiger charge is -2.52. The van der Waals surface area contributed by atoms with Crippen molar-refractivity contribution in [2.75, 3.05) is 4.90 Å². The van der Waals surface area contributed by atoms with Gasteiger partial charge in [0, 0.05) is 16.8 Å². The summed E-state index contributed by atoms with van der Waals surface area (Å²) in [5, 5.41) is 0. The number of hydrogen-bond acceptors (Lipinski definition) is 1. The molecule has 1 heterocycles.